The maximum atomic E-state index is 11.5. The molecule has 8 nitrogen and oxygen atoms in total. The molecule has 0 bridgehead atoms. The molecule has 6 N–H and O–H groups in total. The highest BCUT2D eigenvalue weighted by atomic mass is 16.4. The van der Waals surface area contributed by atoms with E-state index >= 15 is 0 Å². The van der Waals surface area contributed by atoms with Crippen LogP contribution in [0.5, 0.6) is 0 Å². The number of aromatic nitrogens is 1. The van der Waals surface area contributed by atoms with Gasteiger partial charge in [0.05, 0.1) is 36.5 Å². The summed E-state index contributed by atoms with van der Waals surface area (Å²) in [5.74, 6) is -2.23. The summed E-state index contributed by atoms with van der Waals surface area (Å²) in [5.41, 5.74) is 11.1. The van der Waals surface area contributed by atoms with Crippen molar-refractivity contribution in [3.05, 3.63) is 24.0 Å². The highest BCUT2D eigenvalue weighted by Crippen LogP contribution is 2.07. The molecule has 0 aliphatic rings. The SMILES string of the molecule is NC(=O)CC(N)C(=O)Nc1ccc(CC(=O)O)nc1. The predicted molar refractivity (Wildman–Crippen MR) is 66.0 cm³/mol. The van der Waals surface area contributed by atoms with Gasteiger partial charge in [-0.3, -0.25) is 19.4 Å². The molecule has 2 amide bonds. The van der Waals surface area contributed by atoms with Crippen molar-refractivity contribution in [3.63, 3.8) is 0 Å². The number of carbonyl (C=O) groups is 3. The Hall–Kier alpha value is -2.48. The Kier molecular flexibility index (Phi) is 4.95. The van der Waals surface area contributed by atoms with Crippen LogP contribution in [0.15, 0.2) is 18.3 Å². The molecule has 0 fully saturated rings. The fourth-order valence-corrected chi connectivity index (χ4v) is 1.30. The van der Waals surface area contributed by atoms with E-state index in [0.29, 0.717) is 11.4 Å². The van der Waals surface area contributed by atoms with E-state index in [0.717, 1.165) is 0 Å². The number of anilines is 1. The fraction of sp³-hybridized carbons (Fsp3) is 0.273. The molecule has 1 rings (SSSR count). The third kappa shape index (κ3) is 5.13. The van der Waals surface area contributed by atoms with Crippen LogP contribution < -0.4 is 16.8 Å². The van der Waals surface area contributed by atoms with Crippen LogP contribution in [-0.4, -0.2) is 33.9 Å². The van der Waals surface area contributed by atoms with Crippen molar-refractivity contribution >= 4 is 23.5 Å². The van der Waals surface area contributed by atoms with Crippen molar-refractivity contribution in [2.45, 2.75) is 18.9 Å². The Morgan fingerprint density at radius 2 is 2.05 bits per heavy atom. The molecular weight excluding hydrogens is 252 g/mol. The van der Waals surface area contributed by atoms with Crippen LogP contribution in [0.3, 0.4) is 0 Å². The molecule has 1 heterocycles. The quantitative estimate of drug-likeness (QED) is 0.510. The topological polar surface area (TPSA) is 148 Å². The van der Waals surface area contributed by atoms with Gasteiger partial charge in [0.1, 0.15) is 0 Å². The van der Waals surface area contributed by atoms with E-state index in [1.54, 1.807) is 0 Å². The van der Waals surface area contributed by atoms with E-state index in [2.05, 4.69) is 10.3 Å². The largest absolute Gasteiger partial charge is 0.481 e. The first-order chi connectivity index (χ1) is 8.88. The summed E-state index contributed by atoms with van der Waals surface area (Å²) >= 11 is 0. The Morgan fingerprint density at radius 3 is 2.53 bits per heavy atom. The van der Waals surface area contributed by atoms with E-state index in [1.165, 1.54) is 18.3 Å². The van der Waals surface area contributed by atoms with Gasteiger partial charge in [-0.1, -0.05) is 0 Å². The fourth-order valence-electron chi connectivity index (χ4n) is 1.30. The number of hydrogen-bond acceptors (Lipinski definition) is 5. The number of carboxylic acid groups (broad SMARTS) is 1. The number of nitrogens with zero attached hydrogens (tertiary/aromatic N) is 1. The molecule has 1 aromatic heterocycles. The number of rotatable bonds is 6. The molecule has 1 atom stereocenters. The van der Waals surface area contributed by atoms with Crippen LogP contribution >= 0.6 is 0 Å². The first kappa shape index (κ1) is 14.6. The van der Waals surface area contributed by atoms with E-state index < -0.39 is 23.8 Å². The summed E-state index contributed by atoms with van der Waals surface area (Å²) in [5, 5.41) is 11.0. The lowest BCUT2D eigenvalue weighted by atomic mass is 10.2. The van der Waals surface area contributed by atoms with Crippen LogP contribution in [0.2, 0.25) is 0 Å². The molecule has 19 heavy (non-hydrogen) atoms. The molecule has 0 aliphatic carbocycles. The number of nitrogens with two attached hydrogens (primary N) is 2. The molecule has 0 aliphatic heterocycles. The van der Waals surface area contributed by atoms with Gasteiger partial charge < -0.3 is 21.9 Å². The standard InChI is InChI=1S/C11H14N4O4/c12-8(4-9(13)16)11(19)15-7-2-1-6(14-5-7)3-10(17)18/h1-2,5,8H,3-4,12H2,(H2,13,16)(H,15,19)(H,17,18). The molecule has 1 unspecified atom stereocenters. The zero-order valence-electron chi connectivity index (χ0n) is 10.00. The molecule has 0 saturated carbocycles. The maximum absolute atomic E-state index is 11.5. The van der Waals surface area contributed by atoms with Gasteiger partial charge in [0.15, 0.2) is 0 Å². The molecular formula is C11H14N4O4. The molecule has 0 saturated heterocycles. The van der Waals surface area contributed by atoms with Crippen LogP contribution in [0.4, 0.5) is 5.69 Å². The number of amides is 2. The monoisotopic (exact) mass is 266 g/mol. The third-order valence-electron chi connectivity index (χ3n) is 2.18. The number of aliphatic carboxylic acids is 1. The van der Waals surface area contributed by atoms with Crippen LogP contribution in [0.25, 0.3) is 0 Å². The van der Waals surface area contributed by atoms with E-state index in [9.17, 15) is 14.4 Å². The van der Waals surface area contributed by atoms with E-state index in [4.69, 9.17) is 16.6 Å². The van der Waals surface area contributed by atoms with Crippen LogP contribution in [0, 0.1) is 0 Å². The van der Waals surface area contributed by atoms with Crippen molar-refractivity contribution in [3.8, 4) is 0 Å². The lowest BCUT2D eigenvalue weighted by molar-refractivity contribution is -0.136. The lowest BCUT2D eigenvalue weighted by Crippen LogP contribution is -2.39. The number of carboxylic acids is 1. The van der Waals surface area contributed by atoms with Crippen molar-refractivity contribution < 1.29 is 19.5 Å². The summed E-state index contributed by atoms with van der Waals surface area (Å²) in [6, 6.07) is 1.94. The average molecular weight is 266 g/mol. The van der Waals surface area contributed by atoms with E-state index in [-0.39, 0.29) is 12.8 Å². The van der Waals surface area contributed by atoms with Crippen molar-refractivity contribution in [1.29, 1.82) is 0 Å². The first-order valence-corrected chi connectivity index (χ1v) is 5.40. The lowest BCUT2D eigenvalue weighted by Gasteiger charge is -2.10. The van der Waals surface area contributed by atoms with Gasteiger partial charge >= 0.3 is 5.97 Å². The van der Waals surface area contributed by atoms with Crippen LogP contribution in [-0.2, 0) is 20.8 Å². The predicted octanol–water partition coefficient (Wildman–Crippen LogP) is -1.15. The van der Waals surface area contributed by atoms with Crippen molar-refractivity contribution in [1.82, 2.24) is 4.98 Å². The Balaban J connectivity index is 2.60. The Bertz CT molecular complexity index is 486. The Labute approximate surface area is 108 Å². The third-order valence-corrected chi connectivity index (χ3v) is 2.18. The highest BCUT2D eigenvalue weighted by Gasteiger charge is 2.16. The summed E-state index contributed by atoms with van der Waals surface area (Å²) in [6.07, 6.45) is 0.860. The highest BCUT2D eigenvalue weighted by molar-refractivity contribution is 5.97. The summed E-state index contributed by atoms with van der Waals surface area (Å²) in [6.45, 7) is 0. The van der Waals surface area contributed by atoms with Gasteiger partial charge in [-0.25, -0.2) is 0 Å². The number of hydrogen-bond donors (Lipinski definition) is 4. The molecule has 8 heteroatoms. The second kappa shape index (κ2) is 6.45. The van der Waals surface area contributed by atoms with Gasteiger partial charge in [-0.05, 0) is 12.1 Å². The summed E-state index contributed by atoms with van der Waals surface area (Å²) in [7, 11) is 0. The normalized spacial score (nSPS) is 11.6. The second-order valence-electron chi connectivity index (χ2n) is 3.87. The molecule has 1 aromatic rings. The van der Waals surface area contributed by atoms with Gasteiger partial charge in [-0.2, -0.15) is 0 Å². The van der Waals surface area contributed by atoms with Gasteiger partial charge in [-0.15, -0.1) is 0 Å². The number of primary amides is 1. The average Bonchev–Trinajstić information content (AvgIpc) is 2.30. The maximum Gasteiger partial charge on any atom is 0.309 e. The summed E-state index contributed by atoms with van der Waals surface area (Å²) in [4.78, 5) is 36.5. The minimum Gasteiger partial charge on any atom is -0.481 e. The van der Waals surface area contributed by atoms with Crippen LogP contribution in [0.1, 0.15) is 12.1 Å². The number of nitrogens with one attached hydrogen (secondary N) is 1. The second-order valence-corrected chi connectivity index (χ2v) is 3.87. The van der Waals surface area contributed by atoms with E-state index in [1.807, 2.05) is 0 Å². The molecule has 0 aromatic carbocycles. The van der Waals surface area contributed by atoms with Crippen molar-refractivity contribution in [2.75, 3.05) is 5.32 Å². The number of carbonyl (C=O) groups excluding carboxylic acids is 2. The van der Waals surface area contributed by atoms with Gasteiger partial charge in [0.25, 0.3) is 0 Å². The molecule has 0 radical (unpaired) electrons. The zero-order chi connectivity index (χ0) is 14.4. The minimum absolute atomic E-state index is 0.199. The minimum atomic E-state index is -1.03. The number of pyridine rings is 1. The summed E-state index contributed by atoms with van der Waals surface area (Å²) < 4.78 is 0. The molecule has 0 spiro atoms. The Morgan fingerprint density at radius 1 is 1.37 bits per heavy atom. The van der Waals surface area contributed by atoms with Gasteiger partial charge in [0.2, 0.25) is 11.8 Å². The smallest absolute Gasteiger partial charge is 0.309 e. The first-order valence-electron chi connectivity index (χ1n) is 5.40. The van der Waals surface area contributed by atoms with Crippen molar-refractivity contribution in [2.24, 2.45) is 11.5 Å². The zero-order valence-corrected chi connectivity index (χ0v) is 10.00. The van der Waals surface area contributed by atoms with Gasteiger partial charge in [0, 0.05) is 0 Å². The molecule has 102 valence electrons.